The molecule has 0 aliphatic carbocycles. The van der Waals surface area contributed by atoms with E-state index in [0.717, 1.165) is 25.7 Å². The van der Waals surface area contributed by atoms with E-state index in [0.29, 0.717) is 5.92 Å². The van der Waals surface area contributed by atoms with E-state index in [1.54, 1.807) is 0 Å². The van der Waals surface area contributed by atoms with Crippen LogP contribution in [0.2, 0.25) is 0 Å². The van der Waals surface area contributed by atoms with Gasteiger partial charge >= 0.3 is 6.09 Å². The van der Waals surface area contributed by atoms with Crippen molar-refractivity contribution in [3.63, 3.8) is 0 Å². The number of piperidine rings is 1. The van der Waals surface area contributed by atoms with Crippen LogP contribution in [0.1, 0.15) is 46.5 Å². The minimum absolute atomic E-state index is 0.217. The maximum absolute atomic E-state index is 11.9. The summed E-state index contributed by atoms with van der Waals surface area (Å²) in [5.74, 6) is 0.319. The number of rotatable bonds is 2. The first-order chi connectivity index (χ1) is 9.32. The fourth-order valence-corrected chi connectivity index (χ4v) is 3.64. The third-order valence-corrected chi connectivity index (χ3v) is 5.41. The lowest BCUT2D eigenvalue weighted by Gasteiger charge is -2.36. The van der Waals surface area contributed by atoms with E-state index in [1.165, 1.54) is 7.11 Å². The fourth-order valence-electron chi connectivity index (χ4n) is 3.04. The average molecular weight is 300 g/mol. The molecule has 2 fully saturated rings. The van der Waals surface area contributed by atoms with Crippen LogP contribution in [0.5, 0.6) is 0 Å². The SMILES string of the molecule is COC(=O)N1[C@@H]2CC[C@H]1CC(/C=N\[S@@](=O)C(C)(C)C)C2. The topological polar surface area (TPSA) is 59.0 Å². The van der Waals surface area contributed by atoms with E-state index in [9.17, 15) is 9.00 Å². The number of fused-ring (bicyclic) bond motifs is 2. The Morgan fingerprint density at radius 3 is 2.30 bits per heavy atom. The van der Waals surface area contributed by atoms with Gasteiger partial charge in [0, 0.05) is 18.3 Å². The van der Waals surface area contributed by atoms with Crippen LogP contribution < -0.4 is 0 Å². The summed E-state index contributed by atoms with van der Waals surface area (Å²) < 4.78 is 20.7. The molecule has 114 valence electrons. The number of hydrogen-bond acceptors (Lipinski definition) is 3. The van der Waals surface area contributed by atoms with Gasteiger partial charge in [0.25, 0.3) is 0 Å². The first kappa shape index (κ1) is 15.5. The molecule has 0 aromatic carbocycles. The highest BCUT2D eigenvalue weighted by molar-refractivity contribution is 7.85. The Labute approximate surface area is 123 Å². The molecule has 6 heteroatoms. The number of methoxy groups -OCH3 is 1. The Morgan fingerprint density at radius 1 is 1.30 bits per heavy atom. The number of amides is 1. The molecule has 0 aromatic heterocycles. The van der Waals surface area contributed by atoms with Crippen molar-refractivity contribution >= 4 is 23.3 Å². The third-order valence-electron chi connectivity index (χ3n) is 4.05. The van der Waals surface area contributed by atoms with Gasteiger partial charge in [-0.3, -0.25) is 0 Å². The summed E-state index contributed by atoms with van der Waals surface area (Å²) in [7, 11) is 0.236. The average Bonchev–Trinajstić information content (AvgIpc) is 2.65. The fraction of sp³-hybridized carbons (Fsp3) is 0.857. The van der Waals surface area contributed by atoms with Gasteiger partial charge in [-0.15, -0.1) is 0 Å². The summed E-state index contributed by atoms with van der Waals surface area (Å²) in [4.78, 5) is 13.6. The van der Waals surface area contributed by atoms with Gasteiger partial charge in [-0.1, -0.05) is 0 Å². The molecule has 1 amide bonds. The number of hydrogen-bond donors (Lipinski definition) is 0. The molecule has 2 aliphatic heterocycles. The van der Waals surface area contributed by atoms with Crippen molar-refractivity contribution in [3.05, 3.63) is 0 Å². The Morgan fingerprint density at radius 2 is 1.85 bits per heavy atom. The summed E-state index contributed by atoms with van der Waals surface area (Å²) in [6.07, 6.45) is 5.50. The van der Waals surface area contributed by atoms with Crippen LogP contribution in [-0.4, -0.2) is 45.4 Å². The van der Waals surface area contributed by atoms with E-state index in [-0.39, 0.29) is 22.9 Å². The predicted octanol–water partition coefficient (Wildman–Crippen LogP) is 2.53. The lowest BCUT2D eigenvalue weighted by molar-refractivity contribution is 0.0801. The van der Waals surface area contributed by atoms with Crippen molar-refractivity contribution in [2.45, 2.75) is 63.3 Å². The van der Waals surface area contributed by atoms with E-state index >= 15 is 0 Å². The second-order valence-corrected chi connectivity index (χ2v) is 8.54. The zero-order valence-corrected chi connectivity index (χ0v) is 13.5. The number of carbonyl (C=O) groups is 1. The van der Waals surface area contributed by atoms with Crippen molar-refractivity contribution in [2.24, 2.45) is 10.3 Å². The molecule has 2 heterocycles. The molecule has 0 spiro atoms. The van der Waals surface area contributed by atoms with Crippen molar-refractivity contribution in [1.82, 2.24) is 4.90 Å². The van der Waals surface area contributed by atoms with Crippen LogP contribution in [0.4, 0.5) is 4.79 Å². The molecule has 0 radical (unpaired) electrons. The minimum atomic E-state index is -1.20. The lowest BCUT2D eigenvalue weighted by atomic mass is 9.92. The third kappa shape index (κ3) is 3.22. The van der Waals surface area contributed by atoms with Crippen molar-refractivity contribution in [3.8, 4) is 0 Å². The first-order valence-electron chi connectivity index (χ1n) is 7.15. The van der Waals surface area contributed by atoms with Gasteiger partial charge in [0.15, 0.2) is 0 Å². The predicted molar refractivity (Wildman–Crippen MR) is 80.2 cm³/mol. The van der Waals surface area contributed by atoms with Crippen LogP contribution in [0.3, 0.4) is 0 Å². The Bertz CT molecular complexity index is 417. The maximum atomic E-state index is 11.9. The molecule has 2 saturated heterocycles. The van der Waals surface area contributed by atoms with Crippen molar-refractivity contribution in [1.29, 1.82) is 0 Å². The molecule has 0 N–H and O–H groups in total. The number of nitrogens with zero attached hydrogens (tertiary/aromatic N) is 2. The molecule has 1 unspecified atom stereocenters. The first-order valence-corrected chi connectivity index (χ1v) is 8.26. The zero-order chi connectivity index (χ0) is 14.9. The Kier molecular flexibility index (Phi) is 4.52. The number of carbonyl (C=O) groups excluding carboxylic acids is 1. The van der Waals surface area contributed by atoms with Gasteiger partial charge in [0.2, 0.25) is 0 Å². The van der Waals surface area contributed by atoms with Crippen LogP contribution >= 0.6 is 0 Å². The van der Waals surface area contributed by atoms with Gasteiger partial charge in [-0.25, -0.2) is 9.00 Å². The van der Waals surface area contributed by atoms with E-state index in [2.05, 4.69) is 4.40 Å². The minimum Gasteiger partial charge on any atom is -0.453 e. The quantitative estimate of drug-likeness (QED) is 0.736. The molecule has 0 saturated carbocycles. The largest absolute Gasteiger partial charge is 0.453 e. The van der Waals surface area contributed by atoms with Gasteiger partial charge in [0.1, 0.15) is 11.0 Å². The van der Waals surface area contributed by atoms with Crippen LogP contribution in [0.25, 0.3) is 0 Å². The highest BCUT2D eigenvalue weighted by atomic mass is 32.2. The van der Waals surface area contributed by atoms with Crippen molar-refractivity contribution in [2.75, 3.05) is 7.11 Å². The smallest absolute Gasteiger partial charge is 0.409 e. The van der Waals surface area contributed by atoms with Gasteiger partial charge in [-0.2, -0.15) is 4.40 Å². The van der Waals surface area contributed by atoms with Crippen molar-refractivity contribution < 1.29 is 13.7 Å². The van der Waals surface area contributed by atoms with Crippen LogP contribution in [0.15, 0.2) is 4.40 Å². The monoisotopic (exact) mass is 300 g/mol. The highest BCUT2D eigenvalue weighted by Crippen LogP contribution is 2.38. The second kappa shape index (κ2) is 5.84. The molecule has 2 aliphatic rings. The second-order valence-electron chi connectivity index (χ2n) is 6.61. The zero-order valence-electron chi connectivity index (χ0n) is 12.7. The standard InChI is InChI=1S/C14H24N2O3S/c1-14(2,3)20(18)15-9-10-7-11-5-6-12(8-10)16(11)13(17)19-4/h9-12H,5-8H2,1-4H3/b15-9-/t10?,11-,12+,20-/m0/s1. The van der Waals surface area contributed by atoms with E-state index in [1.807, 2.05) is 31.9 Å². The molecular formula is C14H24N2O3S. The Balaban J connectivity index is 1.98. The summed E-state index contributed by atoms with van der Waals surface area (Å²) >= 11 is 0. The van der Waals surface area contributed by atoms with Gasteiger partial charge in [-0.05, 0) is 52.4 Å². The summed E-state index contributed by atoms with van der Waals surface area (Å²) in [6, 6.07) is 0.501. The molecule has 2 rings (SSSR count). The molecule has 4 atom stereocenters. The molecular weight excluding hydrogens is 276 g/mol. The molecule has 0 aromatic rings. The lowest BCUT2D eigenvalue weighted by Crippen LogP contribution is -2.46. The molecule has 2 bridgehead atoms. The normalized spacial score (nSPS) is 31.6. The molecule has 5 nitrogen and oxygen atoms in total. The van der Waals surface area contributed by atoms with E-state index in [4.69, 9.17) is 4.74 Å². The van der Waals surface area contributed by atoms with Gasteiger partial charge < -0.3 is 9.64 Å². The summed E-state index contributed by atoms with van der Waals surface area (Å²) in [5, 5.41) is 0. The highest BCUT2D eigenvalue weighted by Gasteiger charge is 2.43. The van der Waals surface area contributed by atoms with Crippen LogP contribution in [0, 0.1) is 5.92 Å². The van der Waals surface area contributed by atoms with E-state index < -0.39 is 11.0 Å². The Hall–Kier alpha value is -0.910. The summed E-state index contributed by atoms with van der Waals surface area (Å²) in [6.45, 7) is 5.76. The summed E-state index contributed by atoms with van der Waals surface area (Å²) in [5.41, 5.74) is 0. The number of ether oxygens (including phenoxy) is 1. The molecule has 20 heavy (non-hydrogen) atoms. The van der Waals surface area contributed by atoms with Crippen LogP contribution in [-0.2, 0) is 15.7 Å². The van der Waals surface area contributed by atoms with Gasteiger partial charge in [0.05, 0.1) is 11.9 Å². The maximum Gasteiger partial charge on any atom is 0.409 e.